The molecule has 0 aliphatic heterocycles. The van der Waals surface area contributed by atoms with Crippen molar-refractivity contribution in [1.82, 2.24) is 4.98 Å². The zero-order valence-corrected chi connectivity index (χ0v) is 5.82. The molecule has 0 fully saturated rings. The number of nitrogens with two attached hydrogens (primary N) is 1. The molecule has 1 heterocycles. The molecule has 0 unspecified atom stereocenters. The molecule has 0 saturated carbocycles. The molecule has 0 saturated heterocycles. The van der Waals surface area contributed by atoms with Crippen LogP contribution < -0.4 is 5.73 Å². The van der Waals surface area contributed by atoms with Crippen LogP contribution in [0.4, 0.5) is 5.69 Å². The van der Waals surface area contributed by atoms with Gasteiger partial charge in [-0.05, 0) is 12.1 Å². The van der Waals surface area contributed by atoms with Gasteiger partial charge in [-0.15, -0.1) is 0 Å². The SMILES string of the molecule is Nc1cccnc1CC(=O)O. The number of hydrogen-bond acceptors (Lipinski definition) is 3. The van der Waals surface area contributed by atoms with Gasteiger partial charge in [0.1, 0.15) is 0 Å². The zero-order chi connectivity index (χ0) is 8.27. The van der Waals surface area contributed by atoms with Crippen molar-refractivity contribution in [2.24, 2.45) is 0 Å². The molecule has 0 spiro atoms. The van der Waals surface area contributed by atoms with E-state index in [2.05, 4.69) is 4.98 Å². The average Bonchev–Trinajstić information content (AvgIpc) is 1.93. The van der Waals surface area contributed by atoms with Crippen LogP contribution in [-0.4, -0.2) is 16.1 Å². The van der Waals surface area contributed by atoms with Crippen molar-refractivity contribution >= 4 is 11.7 Å². The Bertz CT molecular complexity index is 273. The fourth-order valence-electron chi connectivity index (χ4n) is 0.741. The summed E-state index contributed by atoms with van der Waals surface area (Å²) in [6.45, 7) is 0. The lowest BCUT2D eigenvalue weighted by atomic mass is 10.2. The van der Waals surface area contributed by atoms with Gasteiger partial charge in [-0.3, -0.25) is 9.78 Å². The average molecular weight is 152 g/mol. The highest BCUT2D eigenvalue weighted by Gasteiger charge is 2.03. The smallest absolute Gasteiger partial charge is 0.309 e. The highest BCUT2D eigenvalue weighted by Crippen LogP contribution is 2.06. The summed E-state index contributed by atoms with van der Waals surface area (Å²) in [7, 11) is 0. The lowest BCUT2D eigenvalue weighted by molar-refractivity contribution is -0.136. The van der Waals surface area contributed by atoms with Crippen LogP contribution in [0.15, 0.2) is 18.3 Å². The first-order chi connectivity index (χ1) is 5.20. The minimum atomic E-state index is -0.921. The van der Waals surface area contributed by atoms with Crippen LogP contribution in [-0.2, 0) is 11.2 Å². The number of anilines is 1. The standard InChI is InChI=1S/C7H8N2O2/c8-5-2-1-3-9-6(5)4-7(10)11/h1-3H,4,8H2,(H,10,11). The fraction of sp³-hybridized carbons (Fsp3) is 0.143. The number of carboxylic acid groups (broad SMARTS) is 1. The normalized spacial score (nSPS) is 9.45. The van der Waals surface area contributed by atoms with Gasteiger partial charge < -0.3 is 10.8 Å². The molecule has 1 rings (SSSR count). The van der Waals surface area contributed by atoms with Crippen LogP contribution in [0.2, 0.25) is 0 Å². The maximum Gasteiger partial charge on any atom is 0.309 e. The predicted octanol–water partition coefficient (Wildman–Crippen LogP) is 0.291. The van der Waals surface area contributed by atoms with Crippen molar-refractivity contribution in [3.8, 4) is 0 Å². The van der Waals surface area contributed by atoms with Gasteiger partial charge in [0.25, 0.3) is 0 Å². The maximum atomic E-state index is 10.2. The summed E-state index contributed by atoms with van der Waals surface area (Å²) in [5.41, 5.74) is 6.29. The second-order valence-corrected chi connectivity index (χ2v) is 2.11. The maximum absolute atomic E-state index is 10.2. The summed E-state index contributed by atoms with van der Waals surface area (Å²) in [6, 6.07) is 3.30. The van der Waals surface area contributed by atoms with Crippen LogP contribution in [0.25, 0.3) is 0 Å². The van der Waals surface area contributed by atoms with Gasteiger partial charge in [-0.25, -0.2) is 0 Å². The Morgan fingerprint density at radius 3 is 3.00 bits per heavy atom. The first-order valence-electron chi connectivity index (χ1n) is 3.11. The third-order valence-corrected chi connectivity index (χ3v) is 1.24. The molecule has 0 aliphatic rings. The van der Waals surface area contributed by atoms with E-state index < -0.39 is 5.97 Å². The van der Waals surface area contributed by atoms with E-state index in [1.54, 1.807) is 12.1 Å². The molecular weight excluding hydrogens is 144 g/mol. The molecule has 0 aliphatic carbocycles. The van der Waals surface area contributed by atoms with Crippen LogP contribution in [0, 0.1) is 0 Å². The molecule has 4 heteroatoms. The van der Waals surface area contributed by atoms with E-state index in [-0.39, 0.29) is 6.42 Å². The predicted molar refractivity (Wildman–Crippen MR) is 40.0 cm³/mol. The second-order valence-electron chi connectivity index (χ2n) is 2.11. The van der Waals surface area contributed by atoms with Gasteiger partial charge >= 0.3 is 5.97 Å². The molecule has 0 amide bonds. The minimum absolute atomic E-state index is 0.118. The van der Waals surface area contributed by atoms with Crippen molar-refractivity contribution in [2.75, 3.05) is 5.73 Å². The molecule has 0 atom stereocenters. The number of aromatic nitrogens is 1. The first-order valence-corrected chi connectivity index (χ1v) is 3.11. The van der Waals surface area contributed by atoms with Crippen molar-refractivity contribution in [3.05, 3.63) is 24.0 Å². The highest BCUT2D eigenvalue weighted by atomic mass is 16.4. The Morgan fingerprint density at radius 2 is 2.45 bits per heavy atom. The van der Waals surface area contributed by atoms with E-state index in [4.69, 9.17) is 10.8 Å². The van der Waals surface area contributed by atoms with E-state index in [0.717, 1.165) is 0 Å². The van der Waals surface area contributed by atoms with Gasteiger partial charge in [0.2, 0.25) is 0 Å². The summed E-state index contributed by atoms with van der Waals surface area (Å²) < 4.78 is 0. The Labute approximate surface area is 63.7 Å². The molecule has 0 bridgehead atoms. The van der Waals surface area contributed by atoms with E-state index >= 15 is 0 Å². The van der Waals surface area contributed by atoms with Gasteiger partial charge in [0.05, 0.1) is 17.8 Å². The molecule has 11 heavy (non-hydrogen) atoms. The number of rotatable bonds is 2. The van der Waals surface area contributed by atoms with E-state index in [1.165, 1.54) is 6.20 Å². The lowest BCUT2D eigenvalue weighted by Gasteiger charge is -1.98. The number of nitrogen functional groups attached to an aromatic ring is 1. The molecule has 3 N–H and O–H groups in total. The number of nitrogens with zero attached hydrogens (tertiary/aromatic N) is 1. The molecule has 1 aromatic heterocycles. The van der Waals surface area contributed by atoms with Crippen molar-refractivity contribution in [3.63, 3.8) is 0 Å². The molecule has 0 radical (unpaired) electrons. The van der Waals surface area contributed by atoms with Crippen LogP contribution >= 0.6 is 0 Å². The first kappa shape index (κ1) is 7.53. The summed E-state index contributed by atoms with van der Waals surface area (Å²) in [4.78, 5) is 14.0. The molecular formula is C7H8N2O2. The number of carboxylic acids is 1. The van der Waals surface area contributed by atoms with Crippen LogP contribution in [0.3, 0.4) is 0 Å². The third-order valence-electron chi connectivity index (χ3n) is 1.24. The molecule has 4 nitrogen and oxygen atoms in total. The van der Waals surface area contributed by atoms with Crippen LogP contribution in [0.1, 0.15) is 5.69 Å². The zero-order valence-electron chi connectivity index (χ0n) is 5.82. The monoisotopic (exact) mass is 152 g/mol. The number of pyridine rings is 1. The van der Waals surface area contributed by atoms with Crippen molar-refractivity contribution in [2.45, 2.75) is 6.42 Å². The summed E-state index contributed by atoms with van der Waals surface area (Å²) in [6.07, 6.45) is 1.40. The lowest BCUT2D eigenvalue weighted by Crippen LogP contribution is -2.05. The van der Waals surface area contributed by atoms with Gasteiger partial charge in [-0.1, -0.05) is 0 Å². The van der Waals surface area contributed by atoms with Gasteiger partial charge in [0, 0.05) is 6.20 Å². The summed E-state index contributed by atoms with van der Waals surface area (Å²) in [5, 5.41) is 8.40. The Balaban J connectivity index is 2.86. The fourth-order valence-corrected chi connectivity index (χ4v) is 0.741. The van der Waals surface area contributed by atoms with E-state index in [1.807, 2.05) is 0 Å². The topological polar surface area (TPSA) is 76.2 Å². The van der Waals surface area contributed by atoms with Crippen LogP contribution in [0.5, 0.6) is 0 Å². The number of aliphatic carboxylic acids is 1. The Kier molecular flexibility index (Phi) is 2.06. The number of hydrogen-bond donors (Lipinski definition) is 2. The Hall–Kier alpha value is -1.58. The summed E-state index contributed by atoms with van der Waals surface area (Å²) >= 11 is 0. The second kappa shape index (κ2) is 3.01. The van der Waals surface area contributed by atoms with Crippen molar-refractivity contribution in [1.29, 1.82) is 0 Å². The quantitative estimate of drug-likeness (QED) is 0.638. The van der Waals surface area contributed by atoms with E-state index in [0.29, 0.717) is 11.4 Å². The summed E-state index contributed by atoms with van der Waals surface area (Å²) in [5.74, 6) is -0.921. The molecule has 1 aromatic rings. The molecule has 0 aromatic carbocycles. The van der Waals surface area contributed by atoms with Gasteiger partial charge in [-0.2, -0.15) is 0 Å². The van der Waals surface area contributed by atoms with E-state index in [9.17, 15) is 4.79 Å². The number of carbonyl (C=O) groups is 1. The van der Waals surface area contributed by atoms with Crippen molar-refractivity contribution < 1.29 is 9.90 Å². The third kappa shape index (κ3) is 1.93. The highest BCUT2D eigenvalue weighted by molar-refractivity contribution is 5.71. The minimum Gasteiger partial charge on any atom is -0.481 e. The largest absolute Gasteiger partial charge is 0.481 e. The van der Waals surface area contributed by atoms with Gasteiger partial charge in [0.15, 0.2) is 0 Å². The molecule has 58 valence electrons. The Morgan fingerprint density at radius 1 is 1.73 bits per heavy atom.